The topological polar surface area (TPSA) is 88.1 Å². The Kier molecular flexibility index (Phi) is 6.66. The second kappa shape index (κ2) is 9.46. The van der Waals surface area contributed by atoms with E-state index in [9.17, 15) is 13.2 Å². The molecule has 0 radical (unpaired) electrons. The molecule has 0 atom stereocenters. The van der Waals surface area contributed by atoms with Gasteiger partial charge in [0.2, 0.25) is 5.91 Å². The van der Waals surface area contributed by atoms with Crippen molar-refractivity contribution in [2.24, 2.45) is 10.3 Å². The summed E-state index contributed by atoms with van der Waals surface area (Å²) in [5.41, 5.74) is 1.25. The van der Waals surface area contributed by atoms with Crippen LogP contribution in [0.15, 0.2) is 51.7 Å². The Morgan fingerprint density at radius 2 is 1.94 bits per heavy atom. The van der Waals surface area contributed by atoms with Crippen LogP contribution in [-0.4, -0.2) is 51.8 Å². The summed E-state index contributed by atoms with van der Waals surface area (Å²) in [6.07, 6.45) is 2.19. The lowest BCUT2D eigenvalue weighted by molar-refractivity contribution is -0.126. The molecule has 170 valence electrons. The number of carbonyl (C=O) groups excluding carboxylic acids is 1. The van der Waals surface area contributed by atoms with Crippen molar-refractivity contribution in [1.82, 2.24) is 10.2 Å². The smallest absolute Gasteiger partial charge is 0.285 e. The Labute approximate surface area is 192 Å². The Bertz CT molecular complexity index is 1130. The zero-order valence-corrected chi connectivity index (χ0v) is 19.8. The molecule has 2 aromatic rings. The van der Waals surface area contributed by atoms with Gasteiger partial charge in [0.1, 0.15) is 16.5 Å². The van der Waals surface area contributed by atoms with Crippen LogP contribution in [0.3, 0.4) is 0 Å². The van der Waals surface area contributed by atoms with Crippen LogP contribution in [-0.2, 0) is 21.2 Å². The van der Waals surface area contributed by atoms with Gasteiger partial charge in [-0.05, 0) is 67.5 Å². The van der Waals surface area contributed by atoms with E-state index in [2.05, 4.69) is 15.8 Å². The Morgan fingerprint density at radius 3 is 2.56 bits per heavy atom. The van der Waals surface area contributed by atoms with Gasteiger partial charge in [-0.3, -0.25) is 4.79 Å². The highest BCUT2D eigenvalue weighted by atomic mass is 32.2. The highest BCUT2D eigenvalue weighted by molar-refractivity contribution is 8.00. The van der Waals surface area contributed by atoms with Crippen LogP contribution in [0.5, 0.6) is 5.75 Å². The molecule has 2 aliphatic heterocycles. The molecule has 1 N–H and O–H groups in total. The maximum absolute atomic E-state index is 12.8. The molecule has 32 heavy (non-hydrogen) atoms. The van der Waals surface area contributed by atoms with E-state index in [0.29, 0.717) is 55.2 Å². The van der Waals surface area contributed by atoms with Crippen molar-refractivity contribution in [3.63, 3.8) is 0 Å². The number of thiophene rings is 1. The number of rotatable bonds is 6. The van der Waals surface area contributed by atoms with E-state index in [4.69, 9.17) is 4.74 Å². The SMILES string of the molecule is COc1ccc(C2=C(C)C(N3CCC(C(=O)NCCc4cccs4)CC3)=NS2(=O)=O)cc1. The minimum absolute atomic E-state index is 0.0569. The fraction of sp³-hybridized carbons (Fsp3) is 0.391. The molecule has 0 saturated carbocycles. The van der Waals surface area contributed by atoms with Crippen molar-refractivity contribution in [1.29, 1.82) is 0 Å². The third-order valence-electron chi connectivity index (χ3n) is 5.91. The van der Waals surface area contributed by atoms with Crippen LogP contribution in [0.4, 0.5) is 0 Å². The highest BCUT2D eigenvalue weighted by Gasteiger charge is 2.35. The molecule has 1 saturated heterocycles. The largest absolute Gasteiger partial charge is 0.497 e. The summed E-state index contributed by atoms with van der Waals surface area (Å²) in [6, 6.07) is 11.0. The molecular formula is C23H27N3O4S2. The fourth-order valence-corrected chi connectivity index (χ4v) is 6.38. The first kappa shape index (κ1) is 22.5. The van der Waals surface area contributed by atoms with Gasteiger partial charge in [-0.2, -0.15) is 8.42 Å². The number of amides is 1. The fourth-order valence-electron chi connectivity index (χ4n) is 4.19. The van der Waals surface area contributed by atoms with E-state index < -0.39 is 10.0 Å². The molecule has 0 aliphatic carbocycles. The third kappa shape index (κ3) is 4.73. The van der Waals surface area contributed by atoms with Crippen LogP contribution in [0.1, 0.15) is 30.2 Å². The van der Waals surface area contributed by atoms with Gasteiger partial charge in [0.15, 0.2) is 0 Å². The Hall–Kier alpha value is -2.65. The van der Waals surface area contributed by atoms with Gasteiger partial charge in [-0.15, -0.1) is 15.7 Å². The van der Waals surface area contributed by atoms with Crippen LogP contribution in [0.25, 0.3) is 4.91 Å². The predicted molar refractivity (Wildman–Crippen MR) is 127 cm³/mol. The van der Waals surface area contributed by atoms with Crippen LogP contribution in [0, 0.1) is 5.92 Å². The second-order valence-corrected chi connectivity index (χ2v) is 10.5. The lowest BCUT2D eigenvalue weighted by atomic mass is 9.95. The number of methoxy groups -OCH3 is 1. The number of nitrogens with one attached hydrogen (secondary N) is 1. The number of ether oxygens (including phenoxy) is 1. The van der Waals surface area contributed by atoms with Crippen molar-refractivity contribution in [2.75, 3.05) is 26.7 Å². The summed E-state index contributed by atoms with van der Waals surface area (Å²) < 4.78 is 34.9. The number of hydrogen-bond donors (Lipinski definition) is 1. The third-order valence-corrected chi connectivity index (χ3v) is 8.32. The van der Waals surface area contributed by atoms with Crippen molar-refractivity contribution in [2.45, 2.75) is 26.2 Å². The summed E-state index contributed by atoms with van der Waals surface area (Å²) in [5, 5.41) is 5.08. The predicted octanol–water partition coefficient (Wildman–Crippen LogP) is 3.30. The summed E-state index contributed by atoms with van der Waals surface area (Å²) >= 11 is 1.69. The number of likely N-dealkylation sites (tertiary alicyclic amines) is 1. The van der Waals surface area contributed by atoms with Gasteiger partial charge in [0, 0.05) is 36.0 Å². The lowest BCUT2D eigenvalue weighted by Crippen LogP contribution is -2.43. The van der Waals surface area contributed by atoms with Gasteiger partial charge < -0.3 is 15.0 Å². The summed E-state index contributed by atoms with van der Waals surface area (Å²) in [5.74, 6) is 1.18. The molecule has 1 fully saturated rings. The molecule has 0 bridgehead atoms. The van der Waals surface area contributed by atoms with E-state index in [1.165, 1.54) is 4.88 Å². The Balaban J connectivity index is 1.38. The maximum Gasteiger partial charge on any atom is 0.285 e. The number of benzene rings is 1. The van der Waals surface area contributed by atoms with Crippen molar-refractivity contribution < 1.29 is 17.9 Å². The first-order chi connectivity index (χ1) is 15.4. The molecule has 1 aromatic heterocycles. The quantitative estimate of drug-likeness (QED) is 0.696. The van der Waals surface area contributed by atoms with Gasteiger partial charge in [-0.1, -0.05) is 6.07 Å². The summed E-state index contributed by atoms with van der Waals surface area (Å²) in [4.78, 5) is 16.0. The number of hydrogen-bond acceptors (Lipinski definition) is 6. The van der Waals surface area contributed by atoms with Crippen molar-refractivity contribution in [3.05, 3.63) is 57.8 Å². The lowest BCUT2D eigenvalue weighted by Gasteiger charge is -2.32. The molecule has 7 nitrogen and oxygen atoms in total. The molecule has 0 spiro atoms. The maximum atomic E-state index is 12.8. The summed E-state index contributed by atoms with van der Waals surface area (Å²) in [6.45, 7) is 3.64. The van der Waals surface area contributed by atoms with Crippen molar-refractivity contribution >= 4 is 38.0 Å². The molecule has 0 unspecified atom stereocenters. The van der Waals surface area contributed by atoms with Gasteiger partial charge >= 0.3 is 0 Å². The molecule has 9 heteroatoms. The first-order valence-corrected chi connectivity index (χ1v) is 13.0. The minimum atomic E-state index is -3.76. The first-order valence-electron chi connectivity index (χ1n) is 10.6. The zero-order valence-electron chi connectivity index (χ0n) is 18.2. The zero-order chi connectivity index (χ0) is 22.7. The average molecular weight is 474 g/mol. The van der Waals surface area contributed by atoms with Crippen molar-refractivity contribution in [3.8, 4) is 5.75 Å². The number of sulfonamides is 1. The van der Waals surface area contributed by atoms with E-state index in [1.807, 2.05) is 16.3 Å². The normalized spacial score (nSPS) is 18.6. The monoisotopic (exact) mass is 473 g/mol. The van der Waals surface area contributed by atoms with E-state index in [0.717, 1.165) is 6.42 Å². The number of piperidine rings is 1. The van der Waals surface area contributed by atoms with E-state index >= 15 is 0 Å². The van der Waals surface area contributed by atoms with Gasteiger partial charge in [-0.25, -0.2) is 0 Å². The average Bonchev–Trinajstić information content (AvgIpc) is 3.39. The second-order valence-electron chi connectivity index (χ2n) is 7.95. The number of nitrogens with zero attached hydrogens (tertiary/aromatic N) is 2. The van der Waals surface area contributed by atoms with Crippen LogP contribution in [0.2, 0.25) is 0 Å². The highest BCUT2D eigenvalue weighted by Crippen LogP contribution is 2.35. The van der Waals surface area contributed by atoms with Gasteiger partial charge in [0.25, 0.3) is 10.0 Å². The molecule has 2 aliphatic rings. The number of amidine groups is 1. The molecular weight excluding hydrogens is 446 g/mol. The molecule has 3 heterocycles. The Morgan fingerprint density at radius 1 is 1.22 bits per heavy atom. The molecule has 4 rings (SSSR count). The van der Waals surface area contributed by atoms with Gasteiger partial charge in [0.05, 0.1) is 7.11 Å². The molecule has 1 amide bonds. The summed E-state index contributed by atoms with van der Waals surface area (Å²) in [7, 11) is -2.19. The molecule has 1 aromatic carbocycles. The van der Waals surface area contributed by atoms with E-state index in [-0.39, 0.29) is 16.7 Å². The van der Waals surface area contributed by atoms with Crippen LogP contribution >= 0.6 is 11.3 Å². The van der Waals surface area contributed by atoms with E-state index in [1.54, 1.807) is 49.6 Å². The number of carbonyl (C=O) groups is 1. The minimum Gasteiger partial charge on any atom is -0.497 e. The van der Waals surface area contributed by atoms with Crippen LogP contribution < -0.4 is 10.1 Å². The standard InChI is InChI=1S/C23H27N3O4S2/c1-16-21(17-5-7-19(30-2)8-6-17)32(28,29)25-22(16)26-13-10-18(11-14-26)23(27)24-12-9-20-4-3-15-31-20/h3-8,15,18H,9-14H2,1-2H3,(H,24,27).